The Morgan fingerprint density at radius 2 is 2.00 bits per heavy atom. The number of ether oxygens (including phenoxy) is 1. The van der Waals surface area contributed by atoms with Crippen molar-refractivity contribution in [3.05, 3.63) is 35.4 Å². The molecule has 1 aliphatic carbocycles. The number of hydrogen-bond acceptors (Lipinski definition) is 4. The maximum atomic E-state index is 11.8. The first-order valence-electron chi connectivity index (χ1n) is 7.00. The van der Waals surface area contributed by atoms with E-state index >= 15 is 0 Å². The third-order valence-corrected chi connectivity index (χ3v) is 3.82. The summed E-state index contributed by atoms with van der Waals surface area (Å²) >= 11 is 0. The molecule has 2 rings (SSSR count). The zero-order valence-corrected chi connectivity index (χ0v) is 11.9. The van der Waals surface area contributed by atoms with Gasteiger partial charge in [-0.15, -0.1) is 0 Å². The molecule has 112 valence electrons. The molecule has 0 radical (unpaired) electrons. The molecule has 1 saturated carbocycles. The smallest absolute Gasteiger partial charge is 0.316 e. The Morgan fingerprint density at radius 3 is 2.52 bits per heavy atom. The lowest BCUT2D eigenvalue weighted by atomic mass is 10.0. The zero-order chi connectivity index (χ0) is 15.4. The van der Waals surface area contributed by atoms with Crippen molar-refractivity contribution in [3.8, 4) is 0 Å². The highest BCUT2D eigenvalue weighted by atomic mass is 16.5. The number of benzene rings is 1. The molecule has 5 heteroatoms. The van der Waals surface area contributed by atoms with Gasteiger partial charge in [0.2, 0.25) is 0 Å². The number of ketones is 1. The van der Waals surface area contributed by atoms with Crippen LogP contribution in [0.3, 0.4) is 0 Å². The highest BCUT2D eigenvalue weighted by Crippen LogP contribution is 2.23. The molecule has 1 aromatic rings. The normalized spacial score (nSPS) is 19.3. The van der Waals surface area contributed by atoms with Crippen molar-refractivity contribution in [3.63, 3.8) is 0 Å². The second-order valence-electron chi connectivity index (χ2n) is 5.32. The lowest BCUT2D eigenvalue weighted by Gasteiger charge is -2.10. The van der Waals surface area contributed by atoms with Gasteiger partial charge < -0.3 is 9.84 Å². The van der Waals surface area contributed by atoms with Crippen LogP contribution >= 0.6 is 0 Å². The lowest BCUT2D eigenvalue weighted by molar-refractivity contribution is -0.152. The molecule has 0 heterocycles. The van der Waals surface area contributed by atoms with Gasteiger partial charge in [-0.05, 0) is 30.9 Å². The van der Waals surface area contributed by atoms with E-state index in [-0.39, 0.29) is 12.4 Å². The average molecular weight is 290 g/mol. The predicted octanol–water partition coefficient (Wildman–Crippen LogP) is 2.29. The third kappa shape index (κ3) is 3.68. The van der Waals surface area contributed by atoms with Crippen molar-refractivity contribution >= 4 is 17.7 Å². The predicted molar refractivity (Wildman–Crippen MR) is 74.6 cm³/mol. The Hall–Kier alpha value is -2.17. The maximum absolute atomic E-state index is 11.8. The van der Waals surface area contributed by atoms with E-state index in [1.807, 2.05) is 0 Å². The van der Waals surface area contributed by atoms with Crippen molar-refractivity contribution in [2.45, 2.75) is 38.7 Å². The van der Waals surface area contributed by atoms with Gasteiger partial charge in [-0.2, -0.15) is 0 Å². The van der Waals surface area contributed by atoms with Crippen LogP contribution < -0.4 is 0 Å². The van der Waals surface area contributed by atoms with E-state index in [1.54, 1.807) is 31.2 Å². The summed E-state index contributed by atoms with van der Waals surface area (Å²) in [6.07, 6.45) is 1.79. The minimum absolute atomic E-state index is 0.0365. The minimum atomic E-state index is -0.881. The number of carbonyl (C=O) groups is 3. The van der Waals surface area contributed by atoms with Gasteiger partial charge in [0, 0.05) is 6.42 Å². The largest absolute Gasteiger partial charge is 0.481 e. The SMILES string of the molecule is CC(C(=O)O)c1ccc(COC(=O)C2CCCC2=O)cc1. The summed E-state index contributed by atoms with van der Waals surface area (Å²) in [5.74, 6) is -2.55. The number of esters is 1. The van der Waals surface area contributed by atoms with Gasteiger partial charge in [-0.3, -0.25) is 14.4 Å². The summed E-state index contributed by atoms with van der Waals surface area (Å²) < 4.78 is 5.15. The van der Waals surface area contributed by atoms with Crippen LogP contribution in [0.5, 0.6) is 0 Å². The van der Waals surface area contributed by atoms with Crippen LogP contribution in [-0.2, 0) is 25.7 Å². The highest BCUT2D eigenvalue weighted by Gasteiger charge is 2.32. The standard InChI is InChI=1S/C16H18O5/c1-10(15(18)19)12-7-5-11(6-8-12)9-21-16(20)13-3-2-4-14(13)17/h5-8,10,13H,2-4,9H2,1H3,(H,18,19). The fourth-order valence-corrected chi connectivity index (χ4v) is 2.37. The number of hydrogen-bond donors (Lipinski definition) is 1. The molecule has 2 atom stereocenters. The number of carboxylic acids is 1. The van der Waals surface area contributed by atoms with Crippen molar-refractivity contribution in [2.24, 2.45) is 5.92 Å². The van der Waals surface area contributed by atoms with Crippen LogP contribution in [0.4, 0.5) is 0 Å². The first kappa shape index (κ1) is 15.2. The van der Waals surface area contributed by atoms with Crippen LogP contribution in [0.25, 0.3) is 0 Å². The summed E-state index contributed by atoms with van der Waals surface area (Å²) in [5, 5.41) is 8.93. The Morgan fingerprint density at radius 1 is 1.33 bits per heavy atom. The Bertz CT molecular complexity index is 546. The topological polar surface area (TPSA) is 80.7 Å². The van der Waals surface area contributed by atoms with E-state index in [0.29, 0.717) is 18.4 Å². The van der Waals surface area contributed by atoms with Crippen molar-refractivity contribution in [2.75, 3.05) is 0 Å². The number of carbonyl (C=O) groups excluding carboxylic acids is 2. The van der Waals surface area contributed by atoms with Crippen LogP contribution in [0.2, 0.25) is 0 Å². The summed E-state index contributed by atoms with van der Waals surface area (Å²) in [5.41, 5.74) is 1.47. The number of Topliss-reactive ketones (excluding diaryl/α,β-unsaturated/α-hetero) is 1. The molecule has 0 aliphatic heterocycles. The van der Waals surface area contributed by atoms with Gasteiger partial charge in [0.15, 0.2) is 0 Å². The molecule has 1 N–H and O–H groups in total. The first-order valence-corrected chi connectivity index (χ1v) is 7.00. The van der Waals surface area contributed by atoms with E-state index in [2.05, 4.69) is 0 Å². The van der Waals surface area contributed by atoms with E-state index in [0.717, 1.165) is 12.0 Å². The maximum Gasteiger partial charge on any atom is 0.316 e. The lowest BCUT2D eigenvalue weighted by Crippen LogP contribution is -2.21. The van der Waals surface area contributed by atoms with Gasteiger partial charge in [-0.25, -0.2) is 0 Å². The number of rotatable bonds is 5. The van der Waals surface area contributed by atoms with Gasteiger partial charge in [-0.1, -0.05) is 24.3 Å². The van der Waals surface area contributed by atoms with E-state index < -0.39 is 23.8 Å². The fraction of sp³-hybridized carbons (Fsp3) is 0.438. The van der Waals surface area contributed by atoms with Crippen molar-refractivity contribution < 1.29 is 24.2 Å². The molecule has 1 fully saturated rings. The molecular formula is C16H18O5. The quantitative estimate of drug-likeness (QED) is 0.664. The second-order valence-corrected chi connectivity index (χ2v) is 5.32. The van der Waals surface area contributed by atoms with Gasteiger partial charge in [0.25, 0.3) is 0 Å². The molecular weight excluding hydrogens is 272 g/mol. The van der Waals surface area contributed by atoms with Gasteiger partial charge in [0.05, 0.1) is 5.92 Å². The van der Waals surface area contributed by atoms with Crippen LogP contribution in [0, 0.1) is 5.92 Å². The van der Waals surface area contributed by atoms with E-state index in [1.165, 1.54) is 0 Å². The Balaban J connectivity index is 1.90. The molecule has 0 bridgehead atoms. The van der Waals surface area contributed by atoms with E-state index in [9.17, 15) is 14.4 Å². The molecule has 0 amide bonds. The van der Waals surface area contributed by atoms with Crippen LogP contribution in [0.15, 0.2) is 24.3 Å². The fourth-order valence-electron chi connectivity index (χ4n) is 2.37. The van der Waals surface area contributed by atoms with Crippen molar-refractivity contribution in [1.29, 1.82) is 0 Å². The summed E-state index contributed by atoms with van der Waals surface area (Å²) in [6, 6.07) is 6.89. The molecule has 2 unspecified atom stereocenters. The molecule has 0 aromatic heterocycles. The minimum Gasteiger partial charge on any atom is -0.481 e. The molecule has 1 aromatic carbocycles. The Labute approximate surface area is 122 Å². The second kappa shape index (κ2) is 6.52. The Kier molecular flexibility index (Phi) is 4.73. The summed E-state index contributed by atoms with van der Waals surface area (Å²) in [7, 11) is 0. The molecule has 21 heavy (non-hydrogen) atoms. The van der Waals surface area contributed by atoms with E-state index in [4.69, 9.17) is 9.84 Å². The summed E-state index contributed by atoms with van der Waals surface area (Å²) in [4.78, 5) is 34.1. The highest BCUT2D eigenvalue weighted by molar-refractivity contribution is 6.00. The van der Waals surface area contributed by atoms with Gasteiger partial charge in [0.1, 0.15) is 18.3 Å². The zero-order valence-electron chi connectivity index (χ0n) is 11.9. The molecule has 0 saturated heterocycles. The van der Waals surface area contributed by atoms with Gasteiger partial charge >= 0.3 is 11.9 Å². The summed E-state index contributed by atoms with van der Waals surface area (Å²) in [6.45, 7) is 1.72. The third-order valence-electron chi connectivity index (χ3n) is 3.82. The monoisotopic (exact) mass is 290 g/mol. The number of aliphatic carboxylic acids is 1. The first-order chi connectivity index (χ1) is 9.99. The molecule has 0 spiro atoms. The van der Waals surface area contributed by atoms with Crippen molar-refractivity contribution in [1.82, 2.24) is 0 Å². The van der Waals surface area contributed by atoms with Crippen LogP contribution in [0.1, 0.15) is 43.2 Å². The molecule has 1 aliphatic rings. The van der Waals surface area contributed by atoms with Crippen LogP contribution in [-0.4, -0.2) is 22.8 Å². The average Bonchev–Trinajstić information content (AvgIpc) is 2.90. The molecule has 5 nitrogen and oxygen atoms in total. The number of carboxylic acid groups (broad SMARTS) is 1.